The molecule has 0 bridgehead atoms. The van der Waals surface area contributed by atoms with E-state index in [0.717, 1.165) is 0 Å². The molecule has 108 valence electrons. The third kappa shape index (κ3) is 2.40. The molecule has 0 fully saturated rings. The van der Waals surface area contributed by atoms with Crippen LogP contribution in [0.3, 0.4) is 0 Å². The fraction of sp³-hybridized carbons (Fsp3) is 0.267. The van der Waals surface area contributed by atoms with Crippen LogP contribution >= 0.6 is 0 Å². The maximum absolute atomic E-state index is 12.5. The van der Waals surface area contributed by atoms with Gasteiger partial charge in [-0.05, 0) is 25.5 Å². The second-order valence-corrected chi connectivity index (χ2v) is 5.07. The molecule has 0 spiro atoms. The van der Waals surface area contributed by atoms with Crippen LogP contribution in [-0.4, -0.2) is 32.4 Å². The molecule has 1 aromatic heterocycles. The van der Waals surface area contributed by atoms with Crippen LogP contribution in [0.5, 0.6) is 5.75 Å². The molecule has 2 aromatic rings. The zero-order valence-corrected chi connectivity index (χ0v) is 11.6. The number of hydrogen-bond donors (Lipinski definition) is 2. The Balaban J connectivity index is 1.92. The van der Waals surface area contributed by atoms with Gasteiger partial charge in [0.05, 0.1) is 17.8 Å². The van der Waals surface area contributed by atoms with E-state index in [4.69, 9.17) is 0 Å². The lowest BCUT2D eigenvalue weighted by Gasteiger charge is -2.28. The first-order chi connectivity index (χ1) is 10.1. The van der Waals surface area contributed by atoms with Crippen LogP contribution in [0.25, 0.3) is 0 Å². The van der Waals surface area contributed by atoms with Crippen molar-refractivity contribution in [2.45, 2.75) is 19.9 Å². The van der Waals surface area contributed by atoms with Crippen molar-refractivity contribution in [1.29, 1.82) is 0 Å². The second kappa shape index (κ2) is 5.05. The number of nitrogens with one attached hydrogen (secondary N) is 1. The highest BCUT2D eigenvalue weighted by Gasteiger charge is 2.25. The first kappa shape index (κ1) is 13.4. The van der Waals surface area contributed by atoms with Gasteiger partial charge in [0.15, 0.2) is 0 Å². The molecule has 3 rings (SSSR count). The number of hydrogen-bond acceptors (Lipinski definition) is 4. The zero-order chi connectivity index (χ0) is 15.0. The molecule has 2 N–H and O–H groups in total. The fourth-order valence-electron chi connectivity index (χ4n) is 2.56. The standard InChI is InChI=1S/C15H15N3O3/c1-9-16-12-8-18(7-6-10(12)14(20)17-9)15(21)11-4-2-3-5-13(11)19/h2-5,19H,6-8H2,1H3,(H,16,17,20). The van der Waals surface area contributed by atoms with E-state index < -0.39 is 0 Å². The van der Waals surface area contributed by atoms with E-state index in [2.05, 4.69) is 9.97 Å². The Morgan fingerprint density at radius 2 is 2.14 bits per heavy atom. The molecule has 1 aliphatic heterocycles. The van der Waals surface area contributed by atoms with Crippen LogP contribution in [0.2, 0.25) is 0 Å². The van der Waals surface area contributed by atoms with E-state index >= 15 is 0 Å². The van der Waals surface area contributed by atoms with E-state index in [1.165, 1.54) is 6.07 Å². The summed E-state index contributed by atoms with van der Waals surface area (Å²) in [4.78, 5) is 32.9. The predicted molar refractivity (Wildman–Crippen MR) is 76.1 cm³/mol. The Bertz CT molecular complexity index is 767. The quantitative estimate of drug-likeness (QED) is 0.818. The van der Waals surface area contributed by atoms with Gasteiger partial charge >= 0.3 is 0 Å². The summed E-state index contributed by atoms with van der Waals surface area (Å²) in [6.45, 7) is 2.44. The fourth-order valence-corrected chi connectivity index (χ4v) is 2.56. The van der Waals surface area contributed by atoms with Gasteiger partial charge in [-0.2, -0.15) is 0 Å². The van der Waals surface area contributed by atoms with Gasteiger partial charge in [0, 0.05) is 12.1 Å². The summed E-state index contributed by atoms with van der Waals surface area (Å²) in [5.74, 6) is 0.248. The molecule has 2 heterocycles. The number of H-pyrrole nitrogens is 1. The van der Waals surface area contributed by atoms with E-state index in [0.29, 0.717) is 30.0 Å². The van der Waals surface area contributed by atoms with Crippen molar-refractivity contribution in [3.8, 4) is 5.75 Å². The van der Waals surface area contributed by atoms with Gasteiger partial charge in [0.2, 0.25) is 0 Å². The highest BCUT2D eigenvalue weighted by atomic mass is 16.3. The number of carbonyl (C=O) groups excluding carboxylic acids is 1. The van der Waals surface area contributed by atoms with Crippen LogP contribution < -0.4 is 5.56 Å². The number of rotatable bonds is 1. The first-order valence-electron chi connectivity index (χ1n) is 6.72. The molecule has 21 heavy (non-hydrogen) atoms. The number of fused-ring (bicyclic) bond motifs is 1. The number of nitrogens with zero attached hydrogens (tertiary/aromatic N) is 2. The van der Waals surface area contributed by atoms with Crippen LogP contribution in [0.1, 0.15) is 27.4 Å². The van der Waals surface area contributed by atoms with Crippen molar-refractivity contribution in [2.75, 3.05) is 6.54 Å². The Labute approximate surface area is 121 Å². The predicted octanol–water partition coefficient (Wildman–Crippen LogP) is 0.982. The van der Waals surface area contributed by atoms with Crippen molar-refractivity contribution >= 4 is 5.91 Å². The third-order valence-electron chi connectivity index (χ3n) is 3.61. The number of aromatic amines is 1. The Morgan fingerprint density at radius 3 is 2.90 bits per heavy atom. The number of carbonyl (C=O) groups is 1. The van der Waals surface area contributed by atoms with Crippen LogP contribution in [0.4, 0.5) is 0 Å². The van der Waals surface area contributed by atoms with E-state index in [1.807, 2.05) is 0 Å². The van der Waals surface area contributed by atoms with Gasteiger partial charge in [-0.15, -0.1) is 0 Å². The molecule has 1 aromatic carbocycles. The number of phenolic OH excluding ortho intramolecular Hbond substituents is 1. The Morgan fingerprint density at radius 1 is 1.38 bits per heavy atom. The Hall–Kier alpha value is -2.63. The van der Waals surface area contributed by atoms with Crippen molar-refractivity contribution in [3.63, 3.8) is 0 Å². The maximum Gasteiger partial charge on any atom is 0.257 e. The minimum absolute atomic E-state index is 0.0386. The molecule has 6 heteroatoms. The van der Waals surface area contributed by atoms with E-state index in [1.54, 1.807) is 30.0 Å². The van der Waals surface area contributed by atoms with Gasteiger partial charge in [-0.1, -0.05) is 12.1 Å². The number of aryl methyl sites for hydroxylation is 1. The van der Waals surface area contributed by atoms with E-state index in [9.17, 15) is 14.7 Å². The molecular formula is C15H15N3O3. The number of para-hydroxylation sites is 1. The molecule has 6 nitrogen and oxygen atoms in total. The van der Waals surface area contributed by atoms with Gasteiger partial charge in [-0.3, -0.25) is 9.59 Å². The van der Waals surface area contributed by atoms with Gasteiger partial charge in [0.25, 0.3) is 11.5 Å². The molecule has 0 aliphatic carbocycles. The molecule has 1 aliphatic rings. The number of aromatic hydroxyl groups is 1. The SMILES string of the molecule is Cc1nc2c(c(=O)[nH]1)CCN(C(=O)c1ccccc1O)C2. The van der Waals surface area contributed by atoms with Crippen LogP contribution in [0.15, 0.2) is 29.1 Å². The van der Waals surface area contributed by atoms with E-state index in [-0.39, 0.29) is 29.3 Å². The smallest absolute Gasteiger partial charge is 0.257 e. The van der Waals surface area contributed by atoms with Gasteiger partial charge in [0.1, 0.15) is 11.6 Å². The molecule has 0 atom stereocenters. The summed E-state index contributed by atoms with van der Waals surface area (Å²) in [5.41, 5.74) is 1.41. The molecular weight excluding hydrogens is 270 g/mol. The Kier molecular flexibility index (Phi) is 3.21. The van der Waals surface area contributed by atoms with Crippen molar-refractivity contribution in [3.05, 3.63) is 57.3 Å². The molecule has 1 amide bonds. The summed E-state index contributed by atoms with van der Waals surface area (Å²) in [6.07, 6.45) is 0.470. The highest BCUT2D eigenvalue weighted by molar-refractivity contribution is 5.96. The summed E-state index contributed by atoms with van der Waals surface area (Å²) >= 11 is 0. The van der Waals surface area contributed by atoms with Crippen LogP contribution in [-0.2, 0) is 13.0 Å². The lowest BCUT2D eigenvalue weighted by molar-refractivity contribution is 0.0728. The topological polar surface area (TPSA) is 86.3 Å². The molecule has 0 saturated carbocycles. The van der Waals surface area contributed by atoms with Crippen molar-refractivity contribution < 1.29 is 9.90 Å². The number of benzene rings is 1. The summed E-state index contributed by atoms with van der Waals surface area (Å²) in [5, 5.41) is 9.78. The summed E-state index contributed by atoms with van der Waals surface area (Å²) < 4.78 is 0. The lowest BCUT2D eigenvalue weighted by Crippen LogP contribution is -2.39. The minimum Gasteiger partial charge on any atom is -0.507 e. The van der Waals surface area contributed by atoms with Gasteiger partial charge < -0.3 is 15.0 Å². The normalized spacial score (nSPS) is 13.9. The average Bonchev–Trinajstić information content (AvgIpc) is 2.46. The lowest BCUT2D eigenvalue weighted by atomic mass is 10.0. The first-order valence-corrected chi connectivity index (χ1v) is 6.72. The molecule has 0 saturated heterocycles. The number of phenols is 1. The minimum atomic E-state index is -0.251. The van der Waals surface area contributed by atoms with Crippen LogP contribution in [0, 0.1) is 6.92 Å². The van der Waals surface area contributed by atoms with Gasteiger partial charge in [-0.25, -0.2) is 4.98 Å². The largest absolute Gasteiger partial charge is 0.507 e. The summed E-state index contributed by atoms with van der Waals surface area (Å²) in [6, 6.07) is 6.45. The van der Waals surface area contributed by atoms with Crippen molar-refractivity contribution in [2.24, 2.45) is 0 Å². The zero-order valence-electron chi connectivity index (χ0n) is 11.6. The molecule has 0 unspecified atom stereocenters. The molecule has 0 radical (unpaired) electrons. The highest BCUT2D eigenvalue weighted by Crippen LogP contribution is 2.21. The number of amides is 1. The average molecular weight is 285 g/mol. The van der Waals surface area contributed by atoms with Crippen molar-refractivity contribution in [1.82, 2.24) is 14.9 Å². The maximum atomic E-state index is 12.5. The second-order valence-electron chi connectivity index (χ2n) is 5.07. The summed E-state index contributed by atoms with van der Waals surface area (Å²) in [7, 11) is 0. The monoisotopic (exact) mass is 285 g/mol. The third-order valence-corrected chi connectivity index (χ3v) is 3.61. The number of aromatic nitrogens is 2.